The van der Waals surface area contributed by atoms with Crippen LogP contribution >= 0.6 is 0 Å². The van der Waals surface area contributed by atoms with Crippen LogP contribution < -0.4 is 0 Å². The molecular formula is C14H20O2. The van der Waals surface area contributed by atoms with E-state index in [0.717, 1.165) is 25.2 Å². The number of rotatable bonds is 1. The zero-order valence-corrected chi connectivity index (χ0v) is 10.1. The fourth-order valence-corrected chi connectivity index (χ4v) is 4.30. The topological polar surface area (TPSA) is 37.3 Å². The van der Waals surface area contributed by atoms with E-state index < -0.39 is 5.97 Å². The quantitative estimate of drug-likeness (QED) is 0.689. The summed E-state index contributed by atoms with van der Waals surface area (Å²) in [6.45, 7) is 4.71. The van der Waals surface area contributed by atoms with Gasteiger partial charge in [-0.2, -0.15) is 0 Å². The van der Waals surface area contributed by atoms with Gasteiger partial charge in [-0.25, -0.2) is 0 Å². The Morgan fingerprint density at radius 2 is 2.19 bits per heavy atom. The Hall–Kier alpha value is -0.790. The number of carboxylic acids is 1. The summed E-state index contributed by atoms with van der Waals surface area (Å²) in [4.78, 5) is 11.3. The zero-order chi connectivity index (χ0) is 11.5. The van der Waals surface area contributed by atoms with E-state index in [1.807, 2.05) is 0 Å². The van der Waals surface area contributed by atoms with Gasteiger partial charge in [-0.1, -0.05) is 25.5 Å². The second-order valence-corrected chi connectivity index (χ2v) is 6.37. The minimum absolute atomic E-state index is 0.0959. The van der Waals surface area contributed by atoms with Gasteiger partial charge >= 0.3 is 5.97 Å². The molecule has 2 bridgehead atoms. The monoisotopic (exact) mass is 220 g/mol. The van der Waals surface area contributed by atoms with Gasteiger partial charge in [0.2, 0.25) is 0 Å². The van der Waals surface area contributed by atoms with Crippen LogP contribution in [0.25, 0.3) is 0 Å². The fourth-order valence-electron chi connectivity index (χ4n) is 4.30. The Labute approximate surface area is 96.7 Å². The number of carbonyl (C=O) groups is 1. The van der Waals surface area contributed by atoms with Gasteiger partial charge in [0.15, 0.2) is 0 Å². The Bertz CT molecular complexity index is 367. The number of allylic oxidation sites excluding steroid dienone is 2. The summed E-state index contributed by atoms with van der Waals surface area (Å²) in [5, 5.41) is 9.28. The molecule has 0 aliphatic heterocycles. The minimum Gasteiger partial charge on any atom is -0.481 e. The molecule has 0 radical (unpaired) electrons. The predicted octanol–water partition coefficient (Wildman–Crippen LogP) is 3.09. The normalized spacial score (nSPS) is 44.0. The molecule has 2 nitrogen and oxygen atoms in total. The molecule has 0 spiro atoms. The molecule has 2 heteroatoms. The molecule has 4 atom stereocenters. The first-order valence-electron chi connectivity index (χ1n) is 6.44. The molecule has 0 saturated heterocycles. The summed E-state index contributed by atoms with van der Waals surface area (Å²) >= 11 is 0. The van der Waals surface area contributed by atoms with Gasteiger partial charge in [0.1, 0.15) is 0 Å². The lowest BCUT2D eigenvalue weighted by atomic mass is 9.43. The van der Waals surface area contributed by atoms with Crippen molar-refractivity contribution >= 4 is 5.97 Å². The maximum Gasteiger partial charge on any atom is 0.307 e. The van der Waals surface area contributed by atoms with E-state index in [1.165, 1.54) is 12.0 Å². The fraction of sp³-hybridized carbons (Fsp3) is 0.786. The molecule has 3 fully saturated rings. The molecule has 88 valence electrons. The van der Waals surface area contributed by atoms with E-state index in [-0.39, 0.29) is 5.92 Å². The van der Waals surface area contributed by atoms with Gasteiger partial charge in [-0.15, -0.1) is 0 Å². The van der Waals surface area contributed by atoms with E-state index in [0.29, 0.717) is 17.3 Å². The third-order valence-corrected chi connectivity index (χ3v) is 5.50. The summed E-state index contributed by atoms with van der Waals surface area (Å²) in [7, 11) is 0. The standard InChI is InChI=1S/C14H20O2/c1-14(2)8-6-11-9(12(14)7-8)4-3-5-10(11)13(15)16/h4,8,10-12H,3,5-7H2,1-2H3,(H,15,16)/t8-,10+,11-,12-/m0/s1. The Morgan fingerprint density at radius 1 is 1.44 bits per heavy atom. The first-order valence-corrected chi connectivity index (χ1v) is 6.44. The molecule has 16 heavy (non-hydrogen) atoms. The molecule has 0 aromatic heterocycles. The zero-order valence-electron chi connectivity index (χ0n) is 10.1. The minimum atomic E-state index is -0.574. The molecule has 1 N–H and O–H groups in total. The predicted molar refractivity (Wildman–Crippen MR) is 61.9 cm³/mol. The van der Waals surface area contributed by atoms with Gasteiger partial charge in [0.05, 0.1) is 5.92 Å². The van der Waals surface area contributed by atoms with Crippen LogP contribution in [0.1, 0.15) is 39.5 Å². The van der Waals surface area contributed by atoms with Crippen LogP contribution in [0.2, 0.25) is 0 Å². The highest BCUT2D eigenvalue weighted by Gasteiger charge is 2.57. The highest BCUT2D eigenvalue weighted by Crippen LogP contribution is 2.65. The summed E-state index contributed by atoms with van der Waals surface area (Å²) in [6.07, 6.45) is 6.60. The number of aliphatic carboxylic acids is 1. The van der Waals surface area contributed by atoms with Crippen molar-refractivity contribution in [2.45, 2.75) is 39.5 Å². The van der Waals surface area contributed by atoms with E-state index >= 15 is 0 Å². The third-order valence-electron chi connectivity index (χ3n) is 5.50. The average molecular weight is 220 g/mol. The first-order chi connectivity index (χ1) is 7.51. The highest BCUT2D eigenvalue weighted by atomic mass is 16.4. The number of hydrogen-bond donors (Lipinski definition) is 1. The van der Waals surface area contributed by atoms with E-state index in [1.54, 1.807) is 0 Å². The van der Waals surface area contributed by atoms with Crippen LogP contribution in [0.4, 0.5) is 0 Å². The van der Waals surface area contributed by atoms with Crippen LogP contribution in [-0.2, 0) is 4.79 Å². The first kappa shape index (κ1) is 10.4. The van der Waals surface area contributed by atoms with Gasteiger partial charge in [-0.05, 0) is 48.9 Å². The lowest BCUT2D eigenvalue weighted by Gasteiger charge is -2.61. The molecule has 0 amide bonds. The van der Waals surface area contributed by atoms with Crippen LogP contribution in [0.3, 0.4) is 0 Å². The van der Waals surface area contributed by atoms with Gasteiger partial charge < -0.3 is 5.11 Å². The maximum atomic E-state index is 11.3. The average Bonchev–Trinajstić information content (AvgIpc) is 2.26. The van der Waals surface area contributed by atoms with Crippen LogP contribution in [0.15, 0.2) is 11.6 Å². The molecule has 0 unspecified atom stereocenters. The lowest BCUT2D eigenvalue weighted by Crippen LogP contribution is -2.54. The van der Waals surface area contributed by atoms with Crippen molar-refractivity contribution < 1.29 is 9.90 Å². The van der Waals surface area contributed by atoms with Gasteiger partial charge in [0, 0.05) is 0 Å². The van der Waals surface area contributed by atoms with Gasteiger partial charge in [-0.3, -0.25) is 4.79 Å². The van der Waals surface area contributed by atoms with Crippen molar-refractivity contribution in [2.75, 3.05) is 0 Å². The number of carboxylic acid groups (broad SMARTS) is 1. The molecule has 3 saturated carbocycles. The summed E-state index contributed by atoms with van der Waals surface area (Å²) in [5.74, 6) is 1.14. The summed E-state index contributed by atoms with van der Waals surface area (Å²) < 4.78 is 0. The Morgan fingerprint density at radius 3 is 2.81 bits per heavy atom. The van der Waals surface area contributed by atoms with Crippen molar-refractivity contribution in [2.24, 2.45) is 29.1 Å². The van der Waals surface area contributed by atoms with E-state index in [4.69, 9.17) is 0 Å². The van der Waals surface area contributed by atoms with Crippen molar-refractivity contribution in [3.8, 4) is 0 Å². The molecular weight excluding hydrogens is 200 g/mol. The second-order valence-electron chi connectivity index (χ2n) is 6.37. The lowest BCUT2D eigenvalue weighted by molar-refractivity contribution is -0.147. The molecule has 4 aliphatic rings. The van der Waals surface area contributed by atoms with Crippen molar-refractivity contribution in [1.29, 1.82) is 0 Å². The summed E-state index contributed by atoms with van der Waals surface area (Å²) in [6, 6.07) is 0. The molecule has 4 rings (SSSR count). The van der Waals surface area contributed by atoms with Crippen molar-refractivity contribution in [3.63, 3.8) is 0 Å². The smallest absolute Gasteiger partial charge is 0.307 e. The number of hydrogen-bond acceptors (Lipinski definition) is 1. The van der Waals surface area contributed by atoms with E-state index in [9.17, 15) is 9.90 Å². The van der Waals surface area contributed by atoms with Gasteiger partial charge in [0.25, 0.3) is 0 Å². The van der Waals surface area contributed by atoms with Crippen LogP contribution in [-0.4, -0.2) is 11.1 Å². The molecule has 0 aromatic rings. The molecule has 0 heterocycles. The summed E-state index contributed by atoms with van der Waals surface area (Å²) in [5.41, 5.74) is 1.93. The van der Waals surface area contributed by atoms with Crippen molar-refractivity contribution in [1.82, 2.24) is 0 Å². The SMILES string of the molecule is CC1(C)[C@H]2C[C@H]3C(=CCC[C@H]3C(=O)O)[C@@H]1C2. The maximum absolute atomic E-state index is 11.3. The second kappa shape index (κ2) is 3.12. The Kier molecular flexibility index (Phi) is 2.02. The van der Waals surface area contributed by atoms with E-state index in [2.05, 4.69) is 19.9 Å². The van der Waals surface area contributed by atoms with Crippen LogP contribution in [0, 0.1) is 29.1 Å². The Balaban J connectivity index is 1.92. The highest BCUT2D eigenvalue weighted by molar-refractivity contribution is 5.71. The third kappa shape index (κ3) is 1.16. The van der Waals surface area contributed by atoms with Crippen LogP contribution in [0.5, 0.6) is 0 Å². The largest absolute Gasteiger partial charge is 0.481 e. The van der Waals surface area contributed by atoms with Crippen molar-refractivity contribution in [3.05, 3.63) is 11.6 Å². The molecule has 0 aromatic carbocycles. The molecule has 4 aliphatic carbocycles.